The van der Waals surface area contributed by atoms with E-state index in [9.17, 15) is 9.59 Å². The van der Waals surface area contributed by atoms with E-state index in [1.165, 1.54) is 10.6 Å². The summed E-state index contributed by atoms with van der Waals surface area (Å²) in [5.41, 5.74) is 2.38. The van der Waals surface area contributed by atoms with Gasteiger partial charge in [-0.25, -0.2) is 0 Å². The Balaban J connectivity index is 1.84. The fraction of sp³-hybridized carbons (Fsp3) is 0.118. The molecule has 1 amide bonds. The largest absolute Gasteiger partial charge is 0.350 e. The van der Waals surface area contributed by atoms with Gasteiger partial charge in [0.1, 0.15) is 11.4 Å². The van der Waals surface area contributed by atoms with Crippen LogP contribution in [0.15, 0.2) is 56.4 Å². The van der Waals surface area contributed by atoms with Crippen molar-refractivity contribution in [1.82, 2.24) is 9.72 Å². The fourth-order valence-corrected chi connectivity index (χ4v) is 2.72. The quantitative estimate of drug-likeness (QED) is 0.747. The van der Waals surface area contributed by atoms with Gasteiger partial charge in [0.2, 0.25) is 5.76 Å². The summed E-state index contributed by atoms with van der Waals surface area (Å²) in [7, 11) is 1.60. The maximum Gasteiger partial charge on any atom is 0.294 e. The summed E-state index contributed by atoms with van der Waals surface area (Å²) in [4.78, 5) is 24.3. The highest BCUT2D eigenvalue weighted by Crippen LogP contribution is 2.20. The van der Waals surface area contributed by atoms with E-state index in [1.807, 2.05) is 31.2 Å². The van der Waals surface area contributed by atoms with Crippen molar-refractivity contribution in [3.05, 3.63) is 68.7 Å². The first-order chi connectivity index (χ1) is 11.4. The number of carbonyl (C=O) groups is 1. The number of hydrogen-bond acceptors (Lipinski definition) is 4. The summed E-state index contributed by atoms with van der Waals surface area (Å²) in [6.45, 7) is 1.99. The highest BCUT2D eigenvalue weighted by atomic mass is 79.9. The van der Waals surface area contributed by atoms with Crippen LogP contribution in [0.4, 0.5) is 5.69 Å². The third-order valence-corrected chi connectivity index (χ3v) is 3.91. The summed E-state index contributed by atoms with van der Waals surface area (Å²) in [5.74, 6) is -0.497. The van der Waals surface area contributed by atoms with Crippen molar-refractivity contribution in [1.29, 1.82) is 0 Å². The number of carbonyl (C=O) groups excluding carboxylic acids is 1. The molecule has 0 unspecified atom stereocenters. The van der Waals surface area contributed by atoms with Crippen LogP contribution in [-0.2, 0) is 7.05 Å². The second-order valence-electron chi connectivity index (χ2n) is 5.38. The SMILES string of the molecule is Cc1ccc(-c2cc(C(=O)Nc3cc(Br)cn(C)c3=O)on2)cc1. The van der Waals surface area contributed by atoms with Crippen molar-refractivity contribution in [2.45, 2.75) is 6.92 Å². The molecule has 3 rings (SSSR count). The molecule has 0 aliphatic carbocycles. The first-order valence-electron chi connectivity index (χ1n) is 7.15. The molecule has 1 N–H and O–H groups in total. The lowest BCUT2D eigenvalue weighted by Crippen LogP contribution is -2.23. The van der Waals surface area contributed by atoms with Gasteiger partial charge < -0.3 is 14.4 Å². The minimum Gasteiger partial charge on any atom is -0.350 e. The third kappa shape index (κ3) is 3.30. The molecule has 2 heterocycles. The molecule has 0 saturated carbocycles. The van der Waals surface area contributed by atoms with Gasteiger partial charge in [-0.3, -0.25) is 9.59 Å². The maximum atomic E-state index is 12.3. The first kappa shape index (κ1) is 16.2. The zero-order valence-corrected chi connectivity index (χ0v) is 14.6. The highest BCUT2D eigenvalue weighted by Gasteiger charge is 2.16. The van der Waals surface area contributed by atoms with Crippen molar-refractivity contribution in [2.24, 2.45) is 7.05 Å². The van der Waals surface area contributed by atoms with Gasteiger partial charge in [0.15, 0.2) is 0 Å². The van der Waals surface area contributed by atoms with Crippen molar-refractivity contribution in [3.8, 4) is 11.3 Å². The topological polar surface area (TPSA) is 77.1 Å². The van der Waals surface area contributed by atoms with Gasteiger partial charge in [-0.2, -0.15) is 0 Å². The van der Waals surface area contributed by atoms with Gasteiger partial charge in [0.05, 0.1) is 0 Å². The molecule has 0 atom stereocenters. The smallest absolute Gasteiger partial charge is 0.294 e. The number of nitrogens with zero attached hydrogens (tertiary/aromatic N) is 2. The van der Waals surface area contributed by atoms with E-state index in [1.54, 1.807) is 19.3 Å². The number of pyridine rings is 1. The standard InChI is InChI=1S/C17H14BrN3O3/c1-10-3-5-11(6-4-10)13-8-15(24-20-13)16(22)19-14-7-12(18)9-21(2)17(14)23/h3-9H,1-2H3,(H,19,22). The Bertz CT molecular complexity index is 958. The number of halogens is 1. The second-order valence-corrected chi connectivity index (χ2v) is 6.30. The van der Waals surface area contributed by atoms with E-state index in [2.05, 4.69) is 26.4 Å². The maximum absolute atomic E-state index is 12.3. The summed E-state index contributed by atoms with van der Waals surface area (Å²) >= 11 is 3.29. The fourth-order valence-electron chi connectivity index (χ4n) is 2.19. The molecule has 0 aliphatic rings. The van der Waals surface area contributed by atoms with E-state index in [0.717, 1.165) is 11.1 Å². The molecular formula is C17H14BrN3O3. The molecule has 3 aromatic rings. The van der Waals surface area contributed by atoms with Crippen LogP contribution in [0, 0.1) is 6.92 Å². The van der Waals surface area contributed by atoms with Crippen molar-refractivity contribution in [3.63, 3.8) is 0 Å². The van der Waals surface area contributed by atoms with E-state index >= 15 is 0 Å². The minimum absolute atomic E-state index is 0.0348. The Morgan fingerprint density at radius 1 is 1.25 bits per heavy atom. The normalized spacial score (nSPS) is 10.6. The molecule has 0 aliphatic heterocycles. The van der Waals surface area contributed by atoms with Crippen molar-refractivity contribution in [2.75, 3.05) is 5.32 Å². The number of amides is 1. The Labute approximate surface area is 146 Å². The van der Waals surface area contributed by atoms with E-state index in [0.29, 0.717) is 10.2 Å². The number of aryl methyl sites for hydroxylation is 2. The minimum atomic E-state index is -0.531. The molecule has 0 fully saturated rings. The Morgan fingerprint density at radius 3 is 2.67 bits per heavy atom. The first-order valence-corrected chi connectivity index (χ1v) is 7.94. The summed E-state index contributed by atoms with van der Waals surface area (Å²) in [6, 6.07) is 10.8. The average Bonchev–Trinajstić information content (AvgIpc) is 3.03. The van der Waals surface area contributed by atoms with Crippen molar-refractivity contribution >= 4 is 27.5 Å². The average molecular weight is 388 g/mol. The third-order valence-electron chi connectivity index (χ3n) is 3.48. The highest BCUT2D eigenvalue weighted by molar-refractivity contribution is 9.10. The molecule has 0 spiro atoms. The van der Waals surface area contributed by atoms with Crippen molar-refractivity contribution < 1.29 is 9.32 Å². The molecule has 0 bridgehead atoms. The molecule has 24 heavy (non-hydrogen) atoms. The van der Waals surface area contributed by atoms with Gasteiger partial charge in [-0.1, -0.05) is 35.0 Å². The second kappa shape index (κ2) is 6.45. The zero-order valence-electron chi connectivity index (χ0n) is 13.0. The van der Waals surface area contributed by atoms with E-state index in [-0.39, 0.29) is 17.0 Å². The Kier molecular flexibility index (Phi) is 4.35. The van der Waals surface area contributed by atoms with Crippen LogP contribution in [0.25, 0.3) is 11.3 Å². The molecule has 7 heteroatoms. The van der Waals surface area contributed by atoms with Gasteiger partial charge in [0.25, 0.3) is 11.5 Å². The summed E-state index contributed by atoms with van der Waals surface area (Å²) < 4.78 is 7.15. The van der Waals surface area contributed by atoms with E-state index < -0.39 is 5.91 Å². The molecular weight excluding hydrogens is 374 g/mol. The number of anilines is 1. The zero-order chi connectivity index (χ0) is 17.3. The van der Waals surface area contributed by atoms with Crippen LogP contribution < -0.4 is 10.9 Å². The van der Waals surface area contributed by atoms with Crippen LogP contribution in [-0.4, -0.2) is 15.6 Å². The molecule has 0 radical (unpaired) electrons. The lowest BCUT2D eigenvalue weighted by atomic mass is 10.1. The number of hydrogen-bond donors (Lipinski definition) is 1. The predicted octanol–water partition coefficient (Wildman–Crippen LogP) is 3.36. The molecule has 0 saturated heterocycles. The number of nitrogens with one attached hydrogen (secondary N) is 1. The van der Waals surface area contributed by atoms with Crippen LogP contribution in [0.3, 0.4) is 0 Å². The summed E-state index contributed by atoms with van der Waals surface area (Å²) in [6.07, 6.45) is 1.61. The summed E-state index contributed by atoms with van der Waals surface area (Å²) in [5, 5.41) is 6.45. The molecule has 2 aromatic heterocycles. The molecule has 122 valence electrons. The van der Waals surface area contributed by atoms with Crippen LogP contribution in [0.1, 0.15) is 16.1 Å². The Morgan fingerprint density at radius 2 is 1.96 bits per heavy atom. The lowest BCUT2D eigenvalue weighted by molar-refractivity contribution is 0.0988. The lowest BCUT2D eigenvalue weighted by Gasteiger charge is -2.05. The van der Waals surface area contributed by atoms with Gasteiger partial charge in [0, 0.05) is 29.3 Å². The molecule has 1 aromatic carbocycles. The Hall–Kier alpha value is -2.67. The van der Waals surface area contributed by atoms with E-state index in [4.69, 9.17) is 4.52 Å². The van der Waals surface area contributed by atoms with Crippen LogP contribution in [0.5, 0.6) is 0 Å². The molecule has 6 nitrogen and oxygen atoms in total. The van der Waals surface area contributed by atoms with Gasteiger partial charge in [-0.05, 0) is 28.9 Å². The number of aromatic nitrogens is 2. The predicted molar refractivity (Wildman–Crippen MR) is 94.0 cm³/mol. The van der Waals surface area contributed by atoms with Crippen LogP contribution in [0.2, 0.25) is 0 Å². The number of rotatable bonds is 3. The van der Waals surface area contributed by atoms with Gasteiger partial charge >= 0.3 is 0 Å². The number of benzene rings is 1. The monoisotopic (exact) mass is 387 g/mol. The van der Waals surface area contributed by atoms with Crippen LogP contribution >= 0.6 is 15.9 Å². The van der Waals surface area contributed by atoms with Gasteiger partial charge in [-0.15, -0.1) is 0 Å².